The average molecular weight is 472 g/mol. The molecule has 10 nitrogen and oxygen atoms in total. The van der Waals surface area contributed by atoms with Crippen LogP contribution in [0.2, 0.25) is 10.0 Å². The number of halogens is 2. The molecule has 0 spiro atoms. The number of fused-ring (bicyclic) bond motifs is 2. The van der Waals surface area contributed by atoms with Gasteiger partial charge in [0.1, 0.15) is 17.4 Å². The molecule has 5 rings (SSSR count). The molecular formula is C20H15Cl2N7O3. The number of tetrazole rings is 1. The summed E-state index contributed by atoms with van der Waals surface area (Å²) in [6.07, 6.45) is 0. The van der Waals surface area contributed by atoms with Gasteiger partial charge >= 0.3 is 0 Å². The first kappa shape index (κ1) is 20.3. The molecule has 2 aromatic heterocycles. The van der Waals surface area contributed by atoms with Crippen molar-refractivity contribution in [1.29, 1.82) is 0 Å². The lowest BCUT2D eigenvalue weighted by molar-refractivity contribution is 0.354. The van der Waals surface area contributed by atoms with Gasteiger partial charge in [-0.25, -0.2) is 5.10 Å². The molecule has 2 N–H and O–H groups in total. The molecule has 32 heavy (non-hydrogen) atoms. The van der Waals surface area contributed by atoms with Gasteiger partial charge in [-0.05, 0) is 46.3 Å². The molecule has 12 heteroatoms. The molecule has 1 aliphatic heterocycles. The van der Waals surface area contributed by atoms with Crippen molar-refractivity contribution in [3.8, 4) is 22.8 Å². The van der Waals surface area contributed by atoms with Gasteiger partial charge in [0.15, 0.2) is 11.5 Å². The molecular weight excluding hydrogens is 457 g/mol. The maximum Gasteiger partial charge on any atom is 0.288 e. The number of rotatable bonds is 4. The largest absolute Gasteiger partial charge is 0.493 e. The van der Waals surface area contributed by atoms with Crippen LogP contribution >= 0.6 is 23.2 Å². The van der Waals surface area contributed by atoms with Gasteiger partial charge in [-0.1, -0.05) is 34.4 Å². The molecule has 0 bridgehead atoms. The van der Waals surface area contributed by atoms with E-state index in [1.165, 1.54) is 0 Å². The molecule has 4 aromatic rings. The summed E-state index contributed by atoms with van der Waals surface area (Å²) in [5, 5.41) is 22.6. The predicted octanol–water partition coefficient (Wildman–Crippen LogP) is 3.44. The molecule has 0 saturated carbocycles. The summed E-state index contributed by atoms with van der Waals surface area (Å²) in [5.41, 5.74) is 2.18. The van der Waals surface area contributed by atoms with E-state index < -0.39 is 11.6 Å². The SMILES string of the molecule is COc1ccc([C@@H]2c3c(-c4ccc(Cl)cc4Cl)n[nH]c(=O)c3Nc3nnnn32)cc1OC. The number of aromatic nitrogens is 6. The number of hydrogen-bond acceptors (Lipinski definition) is 8. The number of nitrogens with zero attached hydrogens (tertiary/aromatic N) is 5. The summed E-state index contributed by atoms with van der Waals surface area (Å²) in [4.78, 5) is 12.8. The highest BCUT2D eigenvalue weighted by Gasteiger charge is 2.35. The minimum atomic E-state index is -0.604. The normalized spacial score (nSPS) is 14.3. The second kappa shape index (κ2) is 7.81. The summed E-state index contributed by atoms with van der Waals surface area (Å²) in [7, 11) is 3.10. The summed E-state index contributed by atoms with van der Waals surface area (Å²) in [6.45, 7) is 0. The maximum atomic E-state index is 12.8. The van der Waals surface area contributed by atoms with Gasteiger partial charge in [-0.2, -0.15) is 9.78 Å². The van der Waals surface area contributed by atoms with Crippen molar-refractivity contribution in [3.63, 3.8) is 0 Å². The molecule has 3 heterocycles. The minimum absolute atomic E-state index is 0.267. The zero-order chi connectivity index (χ0) is 22.4. The molecule has 0 aliphatic carbocycles. The van der Waals surface area contributed by atoms with E-state index in [0.29, 0.717) is 44.3 Å². The van der Waals surface area contributed by atoms with E-state index >= 15 is 0 Å². The van der Waals surface area contributed by atoms with Crippen LogP contribution in [0.25, 0.3) is 11.3 Å². The van der Waals surface area contributed by atoms with Crippen LogP contribution in [0.5, 0.6) is 11.5 Å². The topological polar surface area (TPSA) is 120 Å². The van der Waals surface area contributed by atoms with Crippen LogP contribution in [0.15, 0.2) is 41.2 Å². The first-order valence-electron chi connectivity index (χ1n) is 9.36. The van der Waals surface area contributed by atoms with E-state index in [9.17, 15) is 4.79 Å². The zero-order valence-corrected chi connectivity index (χ0v) is 18.3. The van der Waals surface area contributed by atoms with Gasteiger partial charge in [-0.15, -0.1) is 0 Å². The summed E-state index contributed by atoms with van der Waals surface area (Å²) >= 11 is 12.6. The van der Waals surface area contributed by atoms with Crippen molar-refractivity contribution in [3.05, 3.63) is 67.9 Å². The fraction of sp³-hybridized carbons (Fsp3) is 0.150. The second-order valence-corrected chi connectivity index (χ2v) is 7.75. The van der Waals surface area contributed by atoms with Gasteiger partial charge in [0, 0.05) is 16.1 Å². The highest BCUT2D eigenvalue weighted by molar-refractivity contribution is 6.36. The summed E-state index contributed by atoms with van der Waals surface area (Å²) in [6, 6.07) is 9.88. The Bertz CT molecular complexity index is 1400. The van der Waals surface area contributed by atoms with Crippen molar-refractivity contribution in [2.75, 3.05) is 19.5 Å². The number of methoxy groups -OCH3 is 2. The lowest BCUT2D eigenvalue weighted by Crippen LogP contribution is -2.29. The Labute approximate surface area is 191 Å². The van der Waals surface area contributed by atoms with Crippen LogP contribution in [0.3, 0.4) is 0 Å². The monoisotopic (exact) mass is 471 g/mol. The standard InChI is InChI=1S/C20H15Cl2N7O3/c1-31-13-6-3-9(7-14(13)32-2)18-15-16(11-5-4-10(21)8-12(11)22)24-25-19(30)17(15)23-20-26-27-28-29(18)20/h3-8,18H,1-2H3,(H,25,30)(H,23,26,28)/t18-/m1/s1. The first-order chi connectivity index (χ1) is 15.5. The molecule has 0 fully saturated rings. The Morgan fingerprint density at radius 3 is 2.62 bits per heavy atom. The van der Waals surface area contributed by atoms with Crippen LogP contribution in [-0.4, -0.2) is 44.6 Å². The third kappa shape index (κ3) is 3.15. The fourth-order valence-corrected chi connectivity index (χ4v) is 4.25. The van der Waals surface area contributed by atoms with E-state index in [4.69, 9.17) is 32.7 Å². The van der Waals surface area contributed by atoms with E-state index in [0.717, 1.165) is 5.56 Å². The molecule has 162 valence electrons. The van der Waals surface area contributed by atoms with E-state index in [2.05, 4.69) is 31.0 Å². The molecule has 1 atom stereocenters. The van der Waals surface area contributed by atoms with Crippen molar-refractivity contribution in [1.82, 2.24) is 30.4 Å². The van der Waals surface area contributed by atoms with Gasteiger partial charge in [-0.3, -0.25) is 4.79 Å². The smallest absolute Gasteiger partial charge is 0.288 e. The third-order valence-corrected chi connectivity index (χ3v) is 5.73. The van der Waals surface area contributed by atoms with E-state index in [1.807, 2.05) is 6.07 Å². The molecule has 0 unspecified atom stereocenters. The molecule has 2 aromatic carbocycles. The summed E-state index contributed by atoms with van der Waals surface area (Å²) < 4.78 is 12.4. The third-order valence-electron chi connectivity index (χ3n) is 5.18. The van der Waals surface area contributed by atoms with Gasteiger partial charge < -0.3 is 14.8 Å². The molecule has 0 saturated heterocycles. The van der Waals surface area contributed by atoms with Crippen LogP contribution in [0.1, 0.15) is 17.2 Å². The Morgan fingerprint density at radius 2 is 1.88 bits per heavy atom. The molecule has 0 amide bonds. The minimum Gasteiger partial charge on any atom is -0.493 e. The number of anilines is 2. The number of hydrogen-bond donors (Lipinski definition) is 2. The predicted molar refractivity (Wildman–Crippen MR) is 118 cm³/mol. The van der Waals surface area contributed by atoms with Crippen LogP contribution < -0.4 is 20.3 Å². The Hall–Kier alpha value is -3.63. The number of ether oxygens (including phenoxy) is 2. The van der Waals surface area contributed by atoms with E-state index in [1.54, 1.807) is 49.2 Å². The first-order valence-corrected chi connectivity index (χ1v) is 10.1. The number of benzene rings is 2. The fourth-order valence-electron chi connectivity index (χ4n) is 3.76. The second-order valence-electron chi connectivity index (χ2n) is 6.90. The van der Waals surface area contributed by atoms with Gasteiger partial charge in [0.2, 0.25) is 5.95 Å². The zero-order valence-electron chi connectivity index (χ0n) is 16.8. The number of H-pyrrole nitrogens is 1. The summed E-state index contributed by atoms with van der Waals surface area (Å²) in [5.74, 6) is 1.39. The van der Waals surface area contributed by atoms with E-state index in [-0.39, 0.29) is 5.69 Å². The molecule has 0 radical (unpaired) electrons. The Morgan fingerprint density at radius 1 is 1.06 bits per heavy atom. The van der Waals surface area contributed by atoms with Crippen molar-refractivity contribution in [2.24, 2.45) is 0 Å². The maximum absolute atomic E-state index is 12.8. The van der Waals surface area contributed by atoms with Crippen molar-refractivity contribution < 1.29 is 9.47 Å². The Kier molecular flexibility index (Phi) is 4.95. The lowest BCUT2D eigenvalue weighted by atomic mass is 9.92. The quantitative estimate of drug-likeness (QED) is 0.408. The van der Waals surface area contributed by atoms with Crippen LogP contribution in [0.4, 0.5) is 11.6 Å². The van der Waals surface area contributed by atoms with Crippen LogP contribution in [-0.2, 0) is 0 Å². The molecule has 1 aliphatic rings. The highest BCUT2D eigenvalue weighted by Crippen LogP contribution is 2.44. The van der Waals surface area contributed by atoms with Gasteiger partial charge in [0.05, 0.1) is 19.2 Å². The lowest BCUT2D eigenvalue weighted by Gasteiger charge is -2.28. The van der Waals surface area contributed by atoms with Gasteiger partial charge in [0.25, 0.3) is 5.56 Å². The highest BCUT2D eigenvalue weighted by atomic mass is 35.5. The number of nitrogens with one attached hydrogen (secondary N) is 2. The van der Waals surface area contributed by atoms with Crippen molar-refractivity contribution in [2.45, 2.75) is 6.04 Å². The Balaban J connectivity index is 1.81. The van der Waals surface area contributed by atoms with Crippen molar-refractivity contribution >= 4 is 34.8 Å². The average Bonchev–Trinajstić information content (AvgIpc) is 3.26. The number of aromatic amines is 1. The van der Waals surface area contributed by atoms with Crippen LogP contribution in [0, 0.1) is 0 Å².